The van der Waals surface area contributed by atoms with Gasteiger partial charge in [-0.3, -0.25) is 0 Å². The van der Waals surface area contributed by atoms with E-state index in [-0.39, 0.29) is 0 Å². The Hall–Kier alpha value is -1.70. The summed E-state index contributed by atoms with van der Waals surface area (Å²) in [5.41, 5.74) is 2.49. The predicted octanol–water partition coefficient (Wildman–Crippen LogP) is 3.09. The van der Waals surface area contributed by atoms with Crippen LogP contribution in [0.1, 0.15) is 22.8 Å². The fraction of sp³-hybridized carbons (Fsp3) is 0.429. The van der Waals surface area contributed by atoms with Crippen LogP contribution >= 0.6 is 11.6 Å². The zero-order valence-corrected chi connectivity index (χ0v) is 16.5. The summed E-state index contributed by atoms with van der Waals surface area (Å²) in [4.78, 5) is 0. The van der Waals surface area contributed by atoms with Gasteiger partial charge in [0.1, 0.15) is 42.9 Å². The average Bonchev–Trinajstić information content (AvgIpc) is 2.72. The monoisotopic (exact) mass is 410 g/mol. The van der Waals surface area contributed by atoms with E-state index >= 15 is 0 Å². The van der Waals surface area contributed by atoms with Crippen LogP contribution in [-0.2, 0) is 15.9 Å². The highest BCUT2D eigenvalue weighted by Crippen LogP contribution is 2.35. The molecule has 152 valence electrons. The van der Waals surface area contributed by atoms with Gasteiger partial charge in [0.15, 0.2) is 0 Å². The molecule has 2 N–H and O–H groups in total. The molecule has 0 unspecified atom stereocenters. The summed E-state index contributed by atoms with van der Waals surface area (Å²) in [6.45, 7) is -0.828. The Morgan fingerprint density at radius 3 is 2.39 bits per heavy atom. The van der Waals surface area contributed by atoms with E-state index in [9.17, 15) is 14.6 Å². The highest BCUT2D eigenvalue weighted by Gasteiger charge is 2.45. The molecule has 2 aromatic rings. The van der Waals surface area contributed by atoms with Crippen molar-refractivity contribution in [1.82, 2.24) is 0 Å². The van der Waals surface area contributed by atoms with Crippen LogP contribution in [0.25, 0.3) is 0 Å². The standard InChI is InChI=1S/C21H24ClFO5/c1-26-15-6-3-12(4-7-15)9-14-10-13(5-8-16(14)22)20-18(24)19(25)21(27-2)17(11-23)28-20/h3-8,10,17-21,24-25H,9,11H2,1-2H3/t17-,18-,19-,20+,21-/m1/s1. The van der Waals surface area contributed by atoms with Crippen LogP contribution < -0.4 is 4.74 Å². The maximum absolute atomic E-state index is 13.4. The highest BCUT2D eigenvalue weighted by atomic mass is 35.5. The lowest BCUT2D eigenvalue weighted by Crippen LogP contribution is -2.55. The summed E-state index contributed by atoms with van der Waals surface area (Å²) < 4.78 is 29.3. The third-order valence-corrected chi connectivity index (χ3v) is 5.43. The molecule has 3 rings (SSSR count). The molecule has 1 aliphatic heterocycles. The zero-order chi connectivity index (χ0) is 20.3. The number of alkyl halides is 1. The number of benzene rings is 2. The van der Waals surface area contributed by atoms with Gasteiger partial charge in [-0.1, -0.05) is 35.9 Å². The summed E-state index contributed by atoms with van der Waals surface area (Å²) >= 11 is 6.35. The number of halogens is 2. The van der Waals surface area contributed by atoms with Gasteiger partial charge in [-0.2, -0.15) is 0 Å². The second-order valence-electron chi connectivity index (χ2n) is 6.81. The first-order valence-electron chi connectivity index (χ1n) is 9.00. The van der Waals surface area contributed by atoms with E-state index in [2.05, 4.69) is 0 Å². The van der Waals surface area contributed by atoms with Crippen molar-refractivity contribution in [2.24, 2.45) is 0 Å². The number of hydrogen-bond donors (Lipinski definition) is 2. The molecule has 0 aliphatic carbocycles. The van der Waals surface area contributed by atoms with Crippen molar-refractivity contribution in [3.05, 3.63) is 64.2 Å². The van der Waals surface area contributed by atoms with Crippen molar-refractivity contribution in [2.75, 3.05) is 20.9 Å². The molecule has 1 fully saturated rings. The third-order valence-electron chi connectivity index (χ3n) is 5.06. The van der Waals surface area contributed by atoms with Crippen LogP contribution in [0.3, 0.4) is 0 Å². The van der Waals surface area contributed by atoms with E-state index in [0.717, 1.165) is 16.9 Å². The van der Waals surface area contributed by atoms with E-state index in [4.69, 9.17) is 25.8 Å². The van der Waals surface area contributed by atoms with Gasteiger partial charge in [-0.25, -0.2) is 4.39 Å². The molecule has 1 heterocycles. The number of aliphatic hydroxyl groups is 2. The lowest BCUT2D eigenvalue weighted by Gasteiger charge is -2.41. The van der Waals surface area contributed by atoms with Crippen LogP contribution in [0.15, 0.2) is 42.5 Å². The SMILES string of the molecule is COc1ccc(Cc2cc([C@@H]3O[C@H](CF)[C@@H](OC)[C@H](O)[C@H]3O)ccc2Cl)cc1. The second-order valence-corrected chi connectivity index (χ2v) is 7.21. The van der Waals surface area contributed by atoms with Gasteiger partial charge >= 0.3 is 0 Å². The molecule has 5 atom stereocenters. The molecule has 0 radical (unpaired) electrons. The summed E-state index contributed by atoms with van der Waals surface area (Å²) in [6, 6.07) is 12.9. The predicted molar refractivity (Wildman–Crippen MR) is 104 cm³/mol. The van der Waals surface area contributed by atoms with E-state index in [1.165, 1.54) is 7.11 Å². The molecule has 1 aliphatic rings. The fourth-order valence-corrected chi connectivity index (χ4v) is 3.69. The number of hydrogen-bond acceptors (Lipinski definition) is 5. The third kappa shape index (κ3) is 4.31. The van der Waals surface area contributed by atoms with E-state index in [0.29, 0.717) is 17.0 Å². The van der Waals surface area contributed by atoms with Crippen molar-refractivity contribution < 1.29 is 28.8 Å². The normalized spacial score (nSPS) is 27.6. The fourth-order valence-electron chi connectivity index (χ4n) is 3.50. The zero-order valence-electron chi connectivity index (χ0n) is 15.7. The molecule has 28 heavy (non-hydrogen) atoms. The van der Waals surface area contributed by atoms with Gasteiger partial charge in [0.25, 0.3) is 0 Å². The molecule has 2 aromatic carbocycles. The lowest BCUT2D eigenvalue weighted by atomic mass is 9.90. The minimum absolute atomic E-state index is 0.565. The van der Waals surface area contributed by atoms with Crippen LogP contribution in [0.4, 0.5) is 4.39 Å². The van der Waals surface area contributed by atoms with Crippen molar-refractivity contribution >= 4 is 11.6 Å². The highest BCUT2D eigenvalue weighted by molar-refractivity contribution is 6.31. The van der Waals surface area contributed by atoms with Crippen molar-refractivity contribution in [2.45, 2.75) is 36.9 Å². The lowest BCUT2D eigenvalue weighted by molar-refractivity contribution is -0.234. The Morgan fingerprint density at radius 2 is 1.79 bits per heavy atom. The van der Waals surface area contributed by atoms with Crippen molar-refractivity contribution in [3.63, 3.8) is 0 Å². The summed E-state index contributed by atoms with van der Waals surface area (Å²) in [5, 5.41) is 21.4. The van der Waals surface area contributed by atoms with E-state index in [1.807, 2.05) is 30.3 Å². The van der Waals surface area contributed by atoms with Crippen LogP contribution in [-0.4, -0.2) is 55.5 Å². The smallest absolute Gasteiger partial charge is 0.118 e. The number of methoxy groups -OCH3 is 2. The van der Waals surface area contributed by atoms with Crippen LogP contribution in [0, 0.1) is 0 Å². The van der Waals surface area contributed by atoms with E-state index < -0.39 is 37.2 Å². The summed E-state index contributed by atoms with van der Waals surface area (Å²) in [6.07, 6.45) is -4.71. The molecule has 5 nitrogen and oxygen atoms in total. The maximum atomic E-state index is 13.4. The quantitative estimate of drug-likeness (QED) is 0.766. The van der Waals surface area contributed by atoms with Gasteiger partial charge < -0.3 is 24.4 Å². The molecule has 7 heteroatoms. The Bertz CT molecular complexity index is 783. The molecule has 0 amide bonds. The Morgan fingerprint density at radius 1 is 1.07 bits per heavy atom. The Labute approximate surface area is 168 Å². The van der Waals surface area contributed by atoms with Crippen molar-refractivity contribution in [3.8, 4) is 5.75 Å². The summed E-state index contributed by atoms with van der Waals surface area (Å²) in [5.74, 6) is 0.765. The van der Waals surface area contributed by atoms with Gasteiger partial charge in [0, 0.05) is 12.1 Å². The first kappa shape index (κ1) is 21.0. The number of aliphatic hydroxyl groups excluding tert-OH is 2. The van der Waals surface area contributed by atoms with Gasteiger partial charge in [-0.15, -0.1) is 0 Å². The number of ether oxygens (including phenoxy) is 3. The van der Waals surface area contributed by atoms with Crippen LogP contribution in [0.2, 0.25) is 5.02 Å². The molecule has 0 spiro atoms. The molecule has 1 saturated heterocycles. The first-order valence-corrected chi connectivity index (χ1v) is 9.38. The van der Waals surface area contributed by atoms with Gasteiger partial charge in [0.05, 0.1) is 7.11 Å². The minimum atomic E-state index is -1.26. The number of rotatable bonds is 6. The maximum Gasteiger partial charge on any atom is 0.118 e. The van der Waals surface area contributed by atoms with Gasteiger partial charge in [0.2, 0.25) is 0 Å². The molecular formula is C21H24ClFO5. The second kappa shape index (κ2) is 9.20. The molecule has 0 bridgehead atoms. The van der Waals surface area contributed by atoms with Gasteiger partial charge in [-0.05, 0) is 41.3 Å². The first-order chi connectivity index (χ1) is 13.5. The van der Waals surface area contributed by atoms with E-state index in [1.54, 1.807) is 19.2 Å². The van der Waals surface area contributed by atoms with Crippen LogP contribution in [0.5, 0.6) is 5.75 Å². The average molecular weight is 411 g/mol. The minimum Gasteiger partial charge on any atom is -0.497 e. The molecule has 0 aromatic heterocycles. The van der Waals surface area contributed by atoms with Crippen molar-refractivity contribution in [1.29, 1.82) is 0 Å². The molecular weight excluding hydrogens is 387 g/mol. The Balaban J connectivity index is 1.85. The largest absolute Gasteiger partial charge is 0.497 e. The Kier molecular flexibility index (Phi) is 6.91. The topological polar surface area (TPSA) is 68.2 Å². The molecule has 0 saturated carbocycles. The summed E-state index contributed by atoms with van der Waals surface area (Å²) in [7, 11) is 2.96.